The normalized spacial score (nSPS) is 13.4. The molecule has 1 aromatic heterocycles. The van der Waals surface area contributed by atoms with Crippen LogP contribution in [0.1, 0.15) is 54.4 Å². The topological polar surface area (TPSA) is 117 Å². The monoisotopic (exact) mass is 565 g/mol. The molecule has 7 nitrogen and oxygen atoms in total. The molecule has 1 aliphatic rings. The van der Waals surface area contributed by atoms with Crippen molar-refractivity contribution in [1.29, 1.82) is 0 Å². The van der Waals surface area contributed by atoms with Crippen LogP contribution in [0.15, 0.2) is 59.5 Å². The number of nitrogens with zero attached hydrogens (tertiary/aromatic N) is 1. The van der Waals surface area contributed by atoms with E-state index in [1.54, 1.807) is 6.07 Å². The summed E-state index contributed by atoms with van der Waals surface area (Å²) in [5, 5.41) is 32.7. The van der Waals surface area contributed by atoms with Crippen LogP contribution < -0.4 is 63.9 Å². The molecular formula is C29H29NNa2O6S. The Bertz CT molecular complexity index is 1540. The van der Waals surface area contributed by atoms with Gasteiger partial charge in [0.1, 0.15) is 5.56 Å². The third-order valence-electron chi connectivity index (χ3n) is 6.91. The number of fused-ring (bicyclic) bond motifs is 1. The number of aryl methyl sites for hydroxylation is 2. The van der Waals surface area contributed by atoms with Gasteiger partial charge in [0.15, 0.2) is 0 Å². The number of thioether (sulfide) groups is 1. The molecule has 0 aliphatic heterocycles. The molecule has 3 aromatic carbocycles. The van der Waals surface area contributed by atoms with Crippen molar-refractivity contribution in [3.05, 3.63) is 76.9 Å². The zero-order chi connectivity index (χ0) is 26.1. The zero-order valence-corrected chi connectivity index (χ0v) is 27.1. The van der Waals surface area contributed by atoms with Crippen LogP contribution >= 0.6 is 11.8 Å². The number of methoxy groups -OCH3 is 1. The predicted molar refractivity (Wildman–Crippen MR) is 145 cm³/mol. The Balaban J connectivity index is 0.00000210. The van der Waals surface area contributed by atoms with Gasteiger partial charge in [-0.05, 0) is 71.3 Å². The summed E-state index contributed by atoms with van der Waals surface area (Å²) in [5.41, 5.74) is 4.22. The van der Waals surface area contributed by atoms with Crippen molar-refractivity contribution in [1.82, 2.24) is 4.98 Å². The SMILES string of the molecule is COc1nc2cc(SC(c3ccc4cccc5c4c3CC5)C(O)CCCC(=O)O)ccc2cc1C(=O)O.[H-].[H-].[Na+].[Na+]. The van der Waals surface area contributed by atoms with Crippen molar-refractivity contribution in [2.75, 3.05) is 7.11 Å². The molecule has 10 heteroatoms. The first-order valence-electron chi connectivity index (χ1n) is 12.2. The van der Waals surface area contributed by atoms with Gasteiger partial charge in [0, 0.05) is 16.7 Å². The first-order chi connectivity index (χ1) is 17.9. The van der Waals surface area contributed by atoms with E-state index in [0.717, 1.165) is 23.3 Å². The van der Waals surface area contributed by atoms with E-state index < -0.39 is 18.0 Å². The van der Waals surface area contributed by atoms with Crippen molar-refractivity contribution in [2.45, 2.75) is 48.4 Å². The van der Waals surface area contributed by atoms with Gasteiger partial charge in [-0.25, -0.2) is 9.78 Å². The molecule has 0 bridgehead atoms. The molecule has 2 atom stereocenters. The number of hydrogen-bond donors (Lipinski definition) is 3. The summed E-state index contributed by atoms with van der Waals surface area (Å²) in [4.78, 5) is 27.9. The number of aliphatic hydroxyl groups excluding tert-OH is 1. The number of carboxylic acids is 2. The number of carboxylic acid groups (broad SMARTS) is 2. The van der Waals surface area contributed by atoms with Crippen LogP contribution in [-0.4, -0.2) is 45.5 Å². The van der Waals surface area contributed by atoms with Crippen LogP contribution in [-0.2, 0) is 17.6 Å². The van der Waals surface area contributed by atoms with Crippen molar-refractivity contribution >= 4 is 45.4 Å². The number of carbonyl (C=O) groups is 2. The van der Waals surface area contributed by atoms with Crippen LogP contribution in [0.3, 0.4) is 0 Å². The first kappa shape index (κ1) is 31.9. The van der Waals surface area contributed by atoms with Crippen LogP contribution in [0, 0.1) is 0 Å². The summed E-state index contributed by atoms with van der Waals surface area (Å²) in [7, 11) is 1.39. The first-order valence-corrected chi connectivity index (χ1v) is 13.1. The van der Waals surface area contributed by atoms with Gasteiger partial charge in [-0.1, -0.05) is 36.4 Å². The quantitative estimate of drug-likeness (QED) is 0.180. The summed E-state index contributed by atoms with van der Waals surface area (Å²) in [5.74, 6) is -1.94. The van der Waals surface area contributed by atoms with E-state index >= 15 is 0 Å². The van der Waals surface area contributed by atoms with Crippen LogP contribution in [0.4, 0.5) is 0 Å². The van der Waals surface area contributed by atoms with Crippen molar-refractivity contribution in [2.24, 2.45) is 0 Å². The third-order valence-corrected chi connectivity index (χ3v) is 8.26. The van der Waals surface area contributed by atoms with E-state index in [4.69, 9.17) is 9.84 Å². The van der Waals surface area contributed by atoms with Crippen LogP contribution in [0.25, 0.3) is 21.7 Å². The standard InChI is InChI=1S/C29H27NO6S.2Na.2H/c1-36-28-22(29(34)35)14-18-8-11-19(15-23(18)30-28)37-27(24(31)6-3-7-25(32)33)21-13-10-17-5-2-4-16-9-12-20(21)26(16)17;;;;/h2,4-5,8,10-11,13-15,24,27,31H,3,6-7,9,12H2,1H3,(H,32,33)(H,34,35);;;;/q;2*+1;2*-1. The number of aliphatic hydroxyl groups is 1. The molecule has 2 unspecified atom stereocenters. The summed E-state index contributed by atoms with van der Waals surface area (Å²) < 4.78 is 5.20. The smallest absolute Gasteiger partial charge is 1.00 e. The average molecular weight is 566 g/mol. The number of aromatic carboxylic acids is 1. The van der Waals surface area contributed by atoms with Gasteiger partial charge in [-0.3, -0.25) is 4.79 Å². The minimum atomic E-state index is -1.11. The zero-order valence-electron chi connectivity index (χ0n) is 24.3. The third kappa shape index (κ3) is 6.82. The Labute approximate surface area is 277 Å². The molecule has 1 heterocycles. The van der Waals surface area contributed by atoms with Gasteiger partial charge in [0.25, 0.3) is 0 Å². The van der Waals surface area contributed by atoms with E-state index in [2.05, 4.69) is 35.3 Å². The Morgan fingerprint density at radius 1 is 1.05 bits per heavy atom. The van der Waals surface area contributed by atoms with Gasteiger partial charge in [-0.15, -0.1) is 11.8 Å². The molecule has 0 fully saturated rings. The van der Waals surface area contributed by atoms with E-state index in [1.165, 1.54) is 40.8 Å². The number of ether oxygens (including phenoxy) is 1. The molecular weight excluding hydrogens is 536 g/mol. The molecule has 5 rings (SSSR count). The molecule has 0 spiro atoms. The van der Waals surface area contributed by atoms with Crippen molar-refractivity contribution in [3.8, 4) is 5.88 Å². The minimum absolute atomic E-state index is 0. The Kier molecular flexibility index (Phi) is 11.3. The maximum absolute atomic E-state index is 11.6. The molecule has 1 aliphatic carbocycles. The second-order valence-corrected chi connectivity index (χ2v) is 10.5. The molecule has 0 amide bonds. The fourth-order valence-electron chi connectivity index (χ4n) is 5.18. The Hall–Kier alpha value is -1.62. The summed E-state index contributed by atoms with van der Waals surface area (Å²) in [6, 6.07) is 17.7. The number of hydrogen-bond acceptors (Lipinski definition) is 6. The maximum Gasteiger partial charge on any atom is 1.00 e. The minimum Gasteiger partial charge on any atom is -1.00 e. The van der Waals surface area contributed by atoms with Crippen LogP contribution in [0.5, 0.6) is 5.88 Å². The average Bonchev–Trinajstić information content (AvgIpc) is 3.32. The second-order valence-electron chi connectivity index (χ2n) is 9.25. The molecule has 0 saturated heterocycles. The van der Waals surface area contributed by atoms with Gasteiger partial charge in [0.05, 0.1) is 24.0 Å². The van der Waals surface area contributed by atoms with Crippen molar-refractivity contribution in [3.63, 3.8) is 0 Å². The summed E-state index contributed by atoms with van der Waals surface area (Å²) in [6.45, 7) is 0. The summed E-state index contributed by atoms with van der Waals surface area (Å²) in [6.07, 6.45) is 1.87. The van der Waals surface area contributed by atoms with Gasteiger partial charge in [0.2, 0.25) is 5.88 Å². The summed E-state index contributed by atoms with van der Waals surface area (Å²) >= 11 is 1.51. The largest absolute Gasteiger partial charge is 1.00 e. The Morgan fingerprint density at radius 3 is 2.54 bits per heavy atom. The molecule has 39 heavy (non-hydrogen) atoms. The van der Waals surface area contributed by atoms with E-state index in [9.17, 15) is 19.8 Å². The predicted octanol–water partition coefficient (Wildman–Crippen LogP) is -0.124. The van der Waals surface area contributed by atoms with Gasteiger partial charge < -0.3 is 22.9 Å². The fraction of sp³-hybridized carbons (Fsp3) is 0.276. The molecule has 0 radical (unpaired) electrons. The number of aliphatic carboxylic acids is 1. The van der Waals surface area contributed by atoms with Crippen LogP contribution in [0.2, 0.25) is 0 Å². The van der Waals surface area contributed by atoms with E-state index in [-0.39, 0.29) is 85.1 Å². The molecule has 3 N–H and O–H groups in total. The van der Waals surface area contributed by atoms with E-state index in [1.807, 2.05) is 18.2 Å². The van der Waals surface area contributed by atoms with E-state index in [0.29, 0.717) is 23.7 Å². The molecule has 0 saturated carbocycles. The Morgan fingerprint density at radius 2 is 1.82 bits per heavy atom. The maximum atomic E-state index is 11.6. The van der Waals surface area contributed by atoms with Gasteiger partial charge in [-0.2, -0.15) is 0 Å². The number of aromatic nitrogens is 1. The number of benzene rings is 3. The second kappa shape index (κ2) is 13.8. The van der Waals surface area contributed by atoms with Crippen molar-refractivity contribution < 1.29 is 91.6 Å². The number of rotatable bonds is 10. The molecule has 194 valence electrons. The number of pyridine rings is 1. The van der Waals surface area contributed by atoms with Gasteiger partial charge >= 0.3 is 71.1 Å². The fourth-order valence-corrected chi connectivity index (χ4v) is 6.44. The molecule has 4 aromatic rings.